The van der Waals surface area contributed by atoms with Crippen LogP contribution in [0.15, 0.2) is 18.2 Å². The molecule has 144 valence electrons. The maximum atomic E-state index is 9.92. The molecule has 0 aromatic heterocycles. The van der Waals surface area contributed by atoms with Crippen molar-refractivity contribution >= 4 is 22.9 Å². The molecule has 1 fully saturated rings. The van der Waals surface area contributed by atoms with Crippen LogP contribution < -0.4 is 14.9 Å². The Bertz CT molecular complexity index is 479. The van der Waals surface area contributed by atoms with E-state index >= 15 is 0 Å². The molecule has 0 atom stereocenters. The number of para-hydroxylation sites is 1. The highest BCUT2D eigenvalue weighted by Gasteiger charge is 2.46. The van der Waals surface area contributed by atoms with E-state index in [1.807, 2.05) is 51.7 Å². The first-order valence-corrected chi connectivity index (χ1v) is 14.4. The number of anilines is 1. The molecule has 0 amide bonds. The fourth-order valence-corrected chi connectivity index (χ4v) is 8.19. The largest absolute Gasteiger partial charge is 0.616 e. The molecule has 1 heterocycles. The summed E-state index contributed by atoms with van der Waals surface area (Å²) in [5, 5.41) is 6.44. The van der Waals surface area contributed by atoms with Gasteiger partial charge in [-0.2, -0.15) is 0 Å². The van der Waals surface area contributed by atoms with E-state index in [2.05, 4.69) is 10.6 Å². The summed E-state index contributed by atoms with van der Waals surface area (Å²) in [5.41, 5.74) is 2.93. The molecule has 0 unspecified atom stereocenters. The van der Waals surface area contributed by atoms with Crippen LogP contribution in [0.5, 0.6) is 0 Å². The van der Waals surface area contributed by atoms with Gasteiger partial charge in [-0.05, 0) is 24.0 Å². The van der Waals surface area contributed by atoms with Crippen LogP contribution in [0.3, 0.4) is 0 Å². The molecule has 0 bridgehead atoms. The Hall–Kier alpha value is -0.746. The van der Waals surface area contributed by atoms with Gasteiger partial charge in [0.2, 0.25) is 0 Å². The van der Waals surface area contributed by atoms with Gasteiger partial charge in [0.15, 0.2) is 0 Å². The molecule has 5 N–H and O–H groups in total. The van der Waals surface area contributed by atoms with Gasteiger partial charge in [-0.3, -0.25) is 0 Å². The smallest absolute Gasteiger partial charge is 0.373 e. The molecule has 6 nitrogen and oxygen atoms in total. The quantitative estimate of drug-likeness (QED) is 0.487. The molecule has 0 spiro atoms. The van der Waals surface area contributed by atoms with E-state index < -0.39 is 17.2 Å². The highest BCUT2D eigenvalue weighted by molar-refractivity contribution is 6.92. The maximum Gasteiger partial charge on any atom is 0.616 e. The molecular formula is C17H35N3O3Si2. The van der Waals surface area contributed by atoms with Crippen LogP contribution in [-0.4, -0.2) is 57.8 Å². The summed E-state index contributed by atoms with van der Waals surface area (Å²) in [6, 6.07) is 5.96. The average molecular weight is 386 g/mol. The summed E-state index contributed by atoms with van der Waals surface area (Å²) in [6.45, 7) is 14.6. The molecule has 1 aliphatic heterocycles. The van der Waals surface area contributed by atoms with Gasteiger partial charge in [-0.15, -0.1) is 0 Å². The Kier molecular flexibility index (Phi) is 8.75. The molecule has 0 radical (unpaired) electrons. The minimum atomic E-state index is -4.36. The summed E-state index contributed by atoms with van der Waals surface area (Å²) in [5.74, 6) is 0. The van der Waals surface area contributed by atoms with Gasteiger partial charge >= 0.3 is 8.97 Å². The lowest BCUT2D eigenvalue weighted by molar-refractivity contribution is 0.231. The monoisotopic (exact) mass is 385 g/mol. The fourth-order valence-electron chi connectivity index (χ4n) is 3.04. The molecule has 1 aromatic carbocycles. The van der Waals surface area contributed by atoms with Crippen molar-refractivity contribution in [3.63, 3.8) is 0 Å². The normalized spacial score (nSPS) is 15.4. The van der Waals surface area contributed by atoms with Crippen LogP contribution in [0.2, 0.25) is 19.6 Å². The summed E-state index contributed by atoms with van der Waals surface area (Å²) < 4.78 is 1.54. The standard InChI is InChI=1S/C13H25NO3Si2.C4H10N2/c1-6-11-9-8-10-12(7-2)13(11)14(18(3,4)5)19(15,16)17;1-2-6-4-3-5-1/h8-10,15-17H,6-7H2,1-5H3;5-6H,1-4H2. The van der Waals surface area contributed by atoms with Crippen molar-refractivity contribution in [2.24, 2.45) is 0 Å². The van der Waals surface area contributed by atoms with Crippen LogP contribution >= 0.6 is 0 Å². The van der Waals surface area contributed by atoms with E-state index in [1.165, 1.54) is 4.23 Å². The van der Waals surface area contributed by atoms with E-state index in [1.54, 1.807) is 0 Å². The highest BCUT2D eigenvalue weighted by atomic mass is 28.4. The number of hydrogen-bond acceptors (Lipinski definition) is 6. The molecule has 1 aromatic rings. The number of nitrogens with one attached hydrogen (secondary N) is 2. The van der Waals surface area contributed by atoms with Crippen LogP contribution in [0, 0.1) is 0 Å². The van der Waals surface area contributed by atoms with Gasteiger partial charge in [0.25, 0.3) is 0 Å². The summed E-state index contributed by atoms with van der Waals surface area (Å²) >= 11 is 0. The highest BCUT2D eigenvalue weighted by Crippen LogP contribution is 2.32. The van der Waals surface area contributed by atoms with E-state index in [0.717, 1.165) is 55.8 Å². The first-order valence-electron chi connectivity index (χ1n) is 9.12. The SMILES string of the molecule is C1CNCCN1.CCc1cccc(CC)c1N([Si](C)(C)C)[Si](O)(O)O. The van der Waals surface area contributed by atoms with E-state index in [4.69, 9.17) is 0 Å². The van der Waals surface area contributed by atoms with Crippen LogP contribution in [-0.2, 0) is 12.8 Å². The number of nitrogens with zero attached hydrogens (tertiary/aromatic N) is 1. The van der Waals surface area contributed by atoms with Crippen molar-refractivity contribution in [2.45, 2.75) is 46.3 Å². The fraction of sp³-hybridized carbons (Fsp3) is 0.647. The van der Waals surface area contributed by atoms with Gasteiger partial charge in [0.1, 0.15) is 8.24 Å². The zero-order valence-corrected chi connectivity index (χ0v) is 18.3. The number of aryl methyl sites for hydroxylation is 2. The molecule has 0 aliphatic carbocycles. The van der Waals surface area contributed by atoms with Crippen LogP contribution in [0.25, 0.3) is 0 Å². The second kappa shape index (κ2) is 9.81. The molecule has 1 saturated heterocycles. The molecular weight excluding hydrogens is 350 g/mol. The van der Waals surface area contributed by atoms with Gasteiger partial charge < -0.3 is 29.3 Å². The van der Waals surface area contributed by atoms with Crippen molar-refractivity contribution in [3.05, 3.63) is 29.3 Å². The third kappa shape index (κ3) is 6.82. The van der Waals surface area contributed by atoms with Crippen molar-refractivity contribution < 1.29 is 14.4 Å². The Morgan fingerprint density at radius 2 is 1.28 bits per heavy atom. The Labute approximate surface area is 154 Å². The summed E-state index contributed by atoms with van der Waals surface area (Å²) in [7, 11) is -6.48. The summed E-state index contributed by atoms with van der Waals surface area (Å²) in [6.07, 6.45) is 1.60. The molecule has 0 saturated carbocycles. The van der Waals surface area contributed by atoms with Crippen molar-refractivity contribution in [1.29, 1.82) is 0 Å². The maximum absolute atomic E-state index is 9.92. The van der Waals surface area contributed by atoms with Crippen LogP contribution in [0.1, 0.15) is 25.0 Å². The topological polar surface area (TPSA) is 88.0 Å². The Balaban J connectivity index is 0.000000435. The van der Waals surface area contributed by atoms with Crippen LogP contribution in [0.4, 0.5) is 5.69 Å². The van der Waals surface area contributed by atoms with E-state index in [0.29, 0.717) is 0 Å². The molecule has 2 rings (SSSR count). The lowest BCUT2D eigenvalue weighted by atomic mass is 10.0. The molecule has 1 aliphatic rings. The molecule has 8 heteroatoms. The lowest BCUT2D eigenvalue weighted by Gasteiger charge is -2.41. The third-order valence-electron chi connectivity index (χ3n) is 4.12. The minimum absolute atomic E-state index is 0.800. The van der Waals surface area contributed by atoms with E-state index in [-0.39, 0.29) is 0 Å². The first-order chi connectivity index (χ1) is 11.6. The molecule has 25 heavy (non-hydrogen) atoms. The second-order valence-corrected chi connectivity index (χ2v) is 14.1. The Morgan fingerprint density at radius 3 is 1.52 bits per heavy atom. The minimum Gasteiger partial charge on any atom is -0.373 e. The van der Waals surface area contributed by atoms with Crippen molar-refractivity contribution in [3.8, 4) is 0 Å². The second-order valence-electron chi connectivity index (χ2n) is 7.24. The van der Waals surface area contributed by atoms with Gasteiger partial charge in [-0.25, -0.2) is 0 Å². The summed E-state index contributed by atoms with van der Waals surface area (Å²) in [4.78, 5) is 29.8. The van der Waals surface area contributed by atoms with Crippen molar-refractivity contribution in [2.75, 3.05) is 30.4 Å². The van der Waals surface area contributed by atoms with Gasteiger partial charge in [0.05, 0.1) is 0 Å². The third-order valence-corrected chi connectivity index (χ3v) is 9.42. The average Bonchev–Trinajstić information content (AvgIpc) is 2.54. The number of rotatable bonds is 5. The van der Waals surface area contributed by atoms with Gasteiger partial charge in [-0.1, -0.05) is 51.7 Å². The number of hydrogen-bond donors (Lipinski definition) is 5. The predicted octanol–water partition coefficient (Wildman–Crippen LogP) is 1.04. The Morgan fingerprint density at radius 1 is 0.880 bits per heavy atom. The zero-order valence-electron chi connectivity index (χ0n) is 16.3. The van der Waals surface area contributed by atoms with Gasteiger partial charge in [0, 0.05) is 31.9 Å². The first kappa shape index (κ1) is 22.3. The zero-order chi connectivity index (χ0) is 19.1. The predicted molar refractivity (Wildman–Crippen MR) is 109 cm³/mol. The van der Waals surface area contributed by atoms with E-state index in [9.17, 15) is 14.4 Å². The van der Waals surface area contributed by atoms with Crippen molar-refractivity contribution in [1.82, 2.24) is 10.6 Å². The number of benzene rings is 1. The number of piperazine rings is 1. The lowest BCUT2D eigenvalue weighted by Crippen LogP contribution is -2.65.